The summed E-state index contributed by atoms with van der Waals surface area (Å²) in [5.74, 6) is 0. The van der Waals surface area contributed by atoms with Gasteiger partial charge in [0.1, 0.15) is 0 Å². The first kappa shape index (κ1) is 27.0. The molecular formula is CeCuMnSn. The summed E-state index contributed by atoms with van der Waals surface area (Å²) >= 11 is 0. The molecule has 0 amide bonds. The maximum Gasteiger partial charge on any atom is 0 e. The largest absolute Gasteiger partial charge is 0 e. The molecule has 0 nitrogen and oxygen atoms in total. The Bertz CT molecular complexity index is 8.00. The molecule has 0 saturated carbocycles. The van der Waals surface area contributed by atoms with Crippen LogP contribution in [0.1, 0.15) is 0 Å². The van der Waals surface area contributed by atoms with Gasteiger partial charge < -0.3 is 0 Å². The summed E-state index contributed by atoms with van der Waals surface area (Å²) in [6, 6.07) is 0. The minimum atomic E-state index is 0. The van der Waals surface area contributed by atoms with E-state index in [-0.39, 0.29) is 99.8 Å². The van der Waals surface area contributed by atoms with Crippen LogP contribution in [-0.2, 0) is 34.1 Å². The van der Waals surface area contributed by atoms with Gasteiger partial charge in [-0.1, -0.05) is 0 Å². The summed E-state index contributed by atoms with van der Waals surface area (Å²) in [6.07, 6.45) is 0. The Morgan fingerprint density at radius 3 is 1.00 bits per heavy atom. The number of rotatable bonds is 0. The summed E-state index contributed by atoms with van der Waals surface area (Å²) < 4.78 is 0. The van der Waals surface area contributed by atoms with E-state index in [0.29, 0.717) is 0 Å². The molecule has 0 aromatic heterocycles. The second-order valence-electron chi connectivity index (χ2n) is 0. The third kappa shape index (κ3) is 8.96. The molecule has 0 aliphatic heterocycles. The molecule has 0 aliphatic rings. The van der Waals surface area contributed by atoms with Gasteiger partial charge in [0.25, 0.3) is 0 Å². The Balaban J connectivity index is 0. The topological polar surface area (TPSA) is 0 Å². The Hall–Kier alpha value is 3.21. The van der Waals surface area contributed by atoms with E-state index in [1.807, 2.05) is 0 Å². The fourth-order valence-electron chi connectivity index (χ4n) is 0. The van der Waals surface area contributed by atoms with Crippen molar-refractivity contribution in [3.8, 4) is 0 Å². The van der Waals surface area contributed by atoms with E-state index in [1.165, 1.54) is 0 Å². The van der Waals surface area contributed by atoms with Gasteiger partial charge in [-0.05, 0) is 0 Å². The van der Waals surface area contributed by atoms with Crippen LogP contribution < -0.4 is 0 Å². The van der Waals surface area contributed by atoms with E-state index in [1.54, 1.807) is 0 Å². The summed E-state index contributed by atoms with van der Waals surface area (Å²) in [5.41, 5.74) is 0. The molecule has 26 valence electrons. The van der Waals surface area contributed by atoms with Crippen LogP contribution in [0.25, 0.3) is 0 Å². The molecule has 0 N–H and O–H groups in total. The van der Waals surface area contributed by atoms with Crippen LogP contribution in [0, 0.1) is 41.7 Å². The van der Waals surface area contributed by atoms with E-state index >= 15 is 0 Å². The molecule has 0 saturated heterocycles. The van der Waals surface area contributed by atoms with E-state index < -0.39 is 0 Å². The maximum absolute atomic E-state index is 0. The fourth-order valence-corrected chi connectivity index (χ4v) is 0. The smallest absolute Gasteiger partial charge is 0 e. The molecule has 4 heavy (non-hydrogen) atoms. The molecule has 0 aliphatic carbocycles. The minimum Gasteiger partial charge on any atom is 0 e. The van der Waals surface area contributed by atoms with Crippen molar-refractivity contribution in [3.05, 3.63) is 0 Å². The normalized spacial score (nSPS) is 0. The van der Waals surface area contributed by atoms with Gasteiger partial charge in [-0.25, -0.2) is 0 Å². The zero-order valence-corrected chi connectivity index (χ0v) is 9.80. The van der Waals surface area contributed by atoms with Crippen molar-refractivity contribution >= 4 is 23.9 Å². The molecule has 0 aromatic carbocycles. The molecule has 0 rings (SSSR count). The van der Waals surface area contributed by atoms with E-state index in [4.69, 9.17) is 0 Å². The summed E-state index contributed by atoms with van der Waals surface area (Å²) in [7, 11) is 0. The average Bonchev–Trinajstić information content (AvgIpc) is 0. The summed E-state index contributed by atoms with van der Waals surface area (Å²) in [6.45, 7) is 0. The van der Waals surface area contributed by atoms with Gasteiger partial charge in [0.15, 0.2) is 0 Å². The zero-order valence-electron chi connectivity index (χ0n) is 1.68. The standard InChI is InChI=1S/Ce.Cu.Mn.Sn. The first-order chi connectivity index (χ1) is 0. The van der Waals surface area contributed by atoms with Crippen LogP contribution in [0.2, 0.25) is 0 Å². The second kappa shape index (κ2) is 16.4. The van der Waals surface area contributed by atoms with Gasteiger partial charge in [-0.15, -0.1) is 0 Å². The van der Waals surface area contributed by atoms with Crippen molar-refractivity contribution in [1.29, 1.82) is 0 Å². The van der Waals surface area contributed by atoms with Gasteiger partial charge in [-0.2, -0.15) is 0 Å². The third-order valence-electron chi connectivity index (χ3n) is 0. The van der Waals surface area contributed by atoms with E-state index in [0.717, 1.165) is 0 Å². The number of hydrogen-bond donors (Lipinski definition) is 0. The van der Waals surface area contributed by atoms with Gasteiger partial charge in [-0.3, -0.25) is 0 Å². The average molecular weight is 377 g/mol. The SMILES string of the molecule is [Ce].[Cu].[Mn].[Sn]. The summed E-state index contributed by atoms with van der Waals surface area (Å²) in [5, 5.41) is 0. The monoisotopic (exact) mass is 378 g/mol. The fraction of sp³-hybridized carbons (Fsp3) is 0. The molecule has 0 spiro atoms. The quantitative estimate of drug-likeness (QED) is 0.505. The summed E-state index contributed by atoms with van der Waals surface area (Å²) in [4.78, 5) is 0. The Morgan fingerprint density at radius 2 is 1.00 bits per heavy atom. The zero-order chi connectivity index (χ0) is 0. The molecule has 0 heterocycles. The van der Waals surface area contributed by atoms with Gasteiger partial charge in [0, 0.05) is 99.8 Å². The molecule has 0 atom stereocenters. The van der Waals surface area contributed by atoms with Crippen molar-refractivity contribution in [2.24, 2.45) is 0 Å². The molecule has 0 bridgehead atoms. The van der Waals surface area contributed by atoms with Crippen LogP contribution in [-0.4, -0.2) is 23.9 Å². The van der Waals surface area contributed by atoms with Crippen LogP contribution in [0.15, 0.2) is 0 Å². The minimum absolute atomic E-state index is 0. The van der Waals surface area contributed by atoms with Crippen LogP contribution >= 0.6 is 0 Å². The predicted octanol–water partition coefficient (Wildman–Crippen LogP) is -0.386. The number of hydrogen-bond acceptors (Lipinski definition) is 0. The van der Waals surface area contributed by atoms with Gasteiger partial charge in [0.05, 0.1) is 0 Å². The Labute approximate surface area is 97.5 Å². The first-order valence-corrected chi connectivity index (χ1v) is 0. The molecule has 0 aromatic rings. The first-order valence-electron chi connectivity index (χ1n) is 0. The molecule has 0 unspecified atom stereocenters. The third-order valence-corrected chi connectivity index (χ3v) is 0. The molecule has 0 fully saturated rings. The Morgan fingerprint density at radius 1 is 1.00 bits per heavy atom. The van der Waals surface area contributed by atoms with Crippen molar-refractivity contribution in [2.75, 3.05) is 0 Å². The van der Waals surface area contributed by atoms with Crippen molar-refractivity contribution < 1.29 is 75.9 Å². The van der Waals surface area contributed by atoms with Gasteiger partial charge in [0.2, 0.25) is 0 Å². The molecule has 6 radical (unpaired) electrons. The van der Waals surface area contributed by atoms with Crippen LogP contribution in [0.4, 0.5) is 0 Å². The van der Waals surface area contributed by atoms with Gasteiger partial charge >= 0.3 is 0 Å². The van der Waals surface area contributed by atoms with Crippen molar-refractivity contribution in [1.82, 2.24) is 0 Å². The van der Waals surface area contributed by atoms with Crippen LogP contribution in [0.3, 0.4) is 0 Å². The molecule has 4 heteroatoms. The van der Waals surface area contributed by atoms with E-state index in [9.17, 15) is 0 Å². The van der Waals surface area contributed by atoms with Crippen LogP contribution in [0.5, 0.6) is 0 Å². The predicted molar refractivity (Wildman–Crippen MR) is 5.75 cm³/mol. The second-order valence-corrected chi connectivity index (χ2v) is 0. The van der Waals surface area contributed by atoms with Crippen molar-refractivity contribution in [2.45, 2.75) is 0 Å². The Kier molecular flexibility index (Phi) is 110. The van der Waals surface area contributed by atoms with E-state index in [2.05, 4.69) is 0 Å². The maximum atomic E-state index is 0. The van der Waals surface area contributed by atoms with Crippen molar-refractivity contribution in [3.63, 3.8) is 0 Å². The molecular weight excluding hydrogens is 377 g/mol.